The fourth-order valence-corrected chi connectivity index (χ4v) is 5.53. The third-order valence-electron chi connectivity index (χ3n) is 5.38. The Morgan fingerprint density at radius 1 is 0.962 bits per heavy atom. The van der Waals surface area contributed by atoms with Crippen LogP contribution < -0.4 is 0 Å². The van der Waals surface area contributed by atoms with Gasteiger partial charge in [-0.05, 0) is 36.1 Å². The number of benzene rings is 2. The highest BCUT2D eigenvalue weighted by molar-refractivity contribution is 7.89. The molecule has 2 aromatic carbocycles. The van der Waals surface area contributed by atoms with Crippen LogP contribution in [0.15, 0.2) is 77.7 Å². The maximum absolute atomic E-state index is 13.3. The van der Waals surface area contributed by atoms with E-state index in [1.807, 2.05) is 37.3 Å². The number of hydrogen-bond donors (Lipinski definition) is 0. The average Bonchev–Trinajstić information content (AvgIpc) is 2.92. The minimum atomic E-state index is -3.52. The minimum Gasteiger partial charge on any atom is -0.207 e. The summed E-state index contributed by atoms with van der Waals surface area (Å²) in [5.74, 6) is 0.222. The standard InChI is InChI=1S/C22H23NO2S/c1-16-8-12-20(13-9-16)26(24,25)23-15-19-11-10-17(2)22(23)14-21(19)18-6-4-3-5-7-18/h3-14,17,19,22H,15H2,1-2H3/t17-,19?,22?/m0/s1. The second-order valence-electron chi connectivity index (χ2n) is 7.22. The quantitative estimate of drug-likeness (QED) is 0.762. The predicted octanol–water partition coefficient (Wildman–Crippen LogP) is 4.27. The molecule has 134 valence electrons. The Morgan fingerprint density at radius 2 is 1.65 bits per heavy atom. The van der Waals surface area contributed by atoms with E-state index in [1.165, 1.54) is 11.1 Å². The zero-order chi connectivity index (χ0) is 18.3. The third-order valence-corrected chi connectivity index (χ3v) is 7.26. The van der Waals surface area contributed by atoms with E-state index in [0.29, 0.717) is 11.4 Å². The SMILES string of the molecule is Cc1ccc(S(=O)(=O)N2CC3C=C[C@H](C)C2C=C3c2ccccc2)cc1. The van der Waals surface area contributed by atoms with Crippen molar-refractivity contribution < 1.29 is 8.42 Å². The summed E-state index contributed by atoms with van der Waals surface area (Å²) >= 11 is 0. The molecule has 2 bridgehead atoms. The second kappa shape index (κ2) is 6.53. The Hall–Kier alpha value is -2.17. The van der Waals surface area contributed by atoms with Crippen LogP contribution in [0.25, 0.3) is 5.57 Å². The first-order chi connectivity index (χ1) is 12.5. The van der Waals surface area contributed by atoms with E-state index < -0.39 is 10.0 Å². The molecule has 3 nitrogen and oxygen atoms in total. The molecule has 3 atom stereocenters. The van der Waals surface area contributed by atoms with E-state index >= 15 is 0 Å². The van der Waals surface area contributed by atoms with Crippen molar-refractivity contribution in [3.05, 3.63) is 84.0 Å². The van der Waals surface area contributed by atoms with Crippen LogP contribution >= 0.6 is 0 Å². The summed E-state index contributed by atoms with van der Waals surface area (Å²) in [5.41, 5.74) is 3.46. The van der Waals surface area contributed by atoms with E-state index in [9.17, 15) is 8.42 Å². The molecule has 0 saturated carbocycles. The molecule has 2 heterocycles. The molecular weight excluding hydrogens is 342 g/mol. The molecule has 1 aliphatic carbocycles. The van der Waals surface area contributed by atoms with Gasteiger partial charge in [-0.15, -0.1) is 0 Å². The molecular formula is C22H23NO2S. The first kappa shape index (κ1) is 17.3. The van der Waals surface area contributed by atoms with Gasteiger partial charge in [0.05, 0.1) is 4.90 Å². The summed E-state index contributed by atoms with van der Waals surface area (Å²) < 4.78 is 28.3. The molecule has 26 heavy (non-hydrogen) atoms. The fourth-order valence-electron chi connectivity index (χ4n) is 3.85. The van der Waals surface area contributed by atoms with Crippen molar-refractivity contribution in [1.82, 2.24) is 4.31 Å². The Labute approximate surface area is 155 Å². The van der Waals surface area contributed by atoms with Crippen molar-refractivity contribution in [3.8, 4) is 0 Å². The summed E-state index contributed by atoms with van der Waals surface area (Å²) in [4.78, 5) is 0.373. The van der Waals surface area contributed by atoms with Gasteiger partial charge in [0.25, 0.3) is 0 Å². The van der Waals surface area contributed by atoms with Crippen LogP contribution in [0.4, 0.5) is 0 Å². The van der Waals surface area contributed by atoms with Gasteiger partial charge in [0.15, 0.2) is 0 Å². The number of sulfonamides is 1. The van der Waals surface area contributed by atoms with Gasteiger partial charge in [0.1, 0.15) is 0 Å². The van der Waals surface area contributed by atoms with Crippen LogP contribution in [0.1, 0.15) is 18.1 Å². The summed E-state index contributed by atoms with van der Waals surface area (Å²) in [6.45, 7) is 4.54. The second-order valence-corrected chi connectivity index (χ2v) is 9.11. The molecule has 4 heteroatoms. The van der Waals surface area contributed by atoms with E-state index in [4.69, 9.17) is 0 Å². The van der Waals surface area contributed by atoms with Crippen LogP contribution in [-0.4, -0.2) is 25.3 Å². The number of rotatable bonds is 3. The predicted molar refractivity (Wildman–Crippen MR) is 105 cm³/mol. The molecule has 3 aliphatic rings. The Kier molecular flexibility index (Phi) is 4.33. The minimum absolute atomic E-state index is 0.0822. The third kappa shape index (κ3) is 2.93. The molecule has 2 unspecified atom stereocenters. The average molecular weight is 365 g/mol. The van der Waals surface area contributed by atoms with Gasteiger partial charge >= 0.3 is 0 Å². The monoisotopic (exact) mass is 365 g/mol. The lowest BCUT2D eigenvalue weighted by atomic mass is 9.88. The summed E-state index contributed by atoms with van der Waals surface area (Å²) in [7, 11) is -3.52. The highest BCUT2D eigenvalue weighted by Gasteiger charge is 2.40. The van der Waals surface area contributed by atoms with Crippen molar-refractivity contribution in [2.24, 2.45) is 11.8 Å². The number of hydrogen-bond acceptors (Lipinski definition) is 2. The molecule has 0 spiro atoms. The number of fused-ring (bicyclic) bond motifs is 2. The van der Waals surface area contributed by atoms with Gasteiger partial charge < -0.3 is 0 Å². The molecule has 5 rings (SSSR count). The topological polar surface area (TPSA) is 37.4 Å². The Morgan fingerprint density at radius 3 is 2.35 bits per heavy atom. The van der Waals surface area contributed by atoms with Crippen molar-refractivity contribution in [1.29, 1.82) is 0 Å². The lowest BCUT2D eigenvalue weighted by molar-refractivity contribution is 0.308. The Balaban J connectivity index is 1.77. The van der Waals surface area contributed by atoms with E-state index in [0.717, 1.165) is 5.56 Å². The first-order valence-electron chi connectivity index (χ1n) is 9.01. The summed E-state index contributed by atoms with van der Waals surface area (Å²) in [5, 5.41) is 0. The number of nitrogens with zero attached hydrogens (tertiary/aromatic N) is 1. The lowest BCUT2D eigenvalue weighted by Crippen LogP contribution is -2.46. The highest BCUT2D eigenvalue weighted by Crippen LogP contribution is 2.39. The Bertz CT molecular complexity index is 959. The van der Waals surface area contributed by atoms with Crippen LogP contribution in [0.5, 0.6) is 0 Å². The molecule has 0 fully saturated rings. The molecule has 0 aromatic heterocycles. The molecule has 0 radical (unpaired) electrons. The van der Waals surface area contributed by atoms with Crippen molar-refractivity contribution in [3.63, 3.8) is 0 Å². The van der Waals surface area contributed by atoms with Gasteiger partial charge in [0, 0.05) is 18.5 Å². The lowest BCUT2D eigenvalue weighted by Gasteiger charge is -2.37. The zero-order valence-corrected chi connectivity index (χ0v) is 15.9. The van der Waals surface area contributed by atoms with E-state index in [-0.39, 0.29) is 17.9 Å². The van der Waals surface area contributed by atoms with E-state index in [1.54, 1.807) is 16.4 Å². The molecule has 0 amide bonds. The van der Waals surface area contributed by atoms with Crippen LogP contribution in [-0.2, 0) is 10.0 Å². The van der Waals surface area contributed by atoms with Crippen molar-refractivity contribution in [2.75, 3.05) is 6.54 Å². The molecule has 0 N–H and O–H groups in total. The normalized spacial score (nSPS) is 25.8. The van der Waals surface area contributed by atoms with Crippen LogP contribution in [0, 0.1) is 18.8 Å². The molecule has 0 saturated heterocycles. The van der Waals surface area contributed by atoms with Crippen LogP contribution in [0.2, 0.25) is 0 Å². The van der Waals surface area contributed by atoms with E-state index in [2.05, 4.69) is 37.3 Å². The molecule has 2 aromatic rings. The maximum Gasteiger partial charge on any atom is 0.243 e. The zero-order valence-electron chi connectivity index (χ0n) is 15.0. The number of aryl methyl sites for hydroxylation is 1. The highest BCUT2D eigenvalue weighted by atomic mass is 32.2. The smallest absolute Gasteiger partial charge is 0.207 e. The summed E-state index contributed by atoms with van der Waals surface area (Å²) in [6, 6.07) is 17.2. The van der Waals surface area contributed by atoms with Crippen molar-refractivity contribution in [2.45, 2.75) is 24.8 Å². The maximum atomic E-state index is 13.3. The van der Waals surface area contributed by atoms with Gasteiger partial charge in [-0.2, -0.15) is 4.31 Å². The largest absolute Gasteiger partial charge is 0.243 e. The fraction of sp³-hybridized carbons (Fsp3) is 0.273. The van der Waals surface area contributed by atoms with Gasteiger partial charge in [0.2, 0.25) is 10.0 Å². The van der Waals surface area contributed by atoms with Crippen LogP contribution in [0.3, 0.4) is 0 Å². The summed E-state index contributed by atoms with van der Waals surface area (Å²) in [6.07, 6.45) is 6.49. The van der Waals surface area contributed by atoms with Gasteiger partial charge in [-0.3, -0.25) is 0 Å². The van der Waals surface area contributed by atoms with Gasteiger partial charge in [-0.1, -0.05) is 73.2 Å². The van der Waals surface area contributed by atoms with Gasteiger partial charge in [-0.25, -0.2) is 8.42 Å². The van der Waals surface area contributed by atoms with Crippen molar-refractivity contribution >= 4 is 15.6 Å². The molecule has 2 aliphatic heterocycles. The first-order valence-corrected chi connectivity index (χ1v) is 10.4.